The van der Waals surface area contributed by atoms with Crippen molar-refractivity contribution < 1.29 is 14.3 Å². The summed E-state index contributed by atoms with van der Waals surface area (Å²) < 4.78 is 11.5. The molecular weight excluding hydrogens is 324 g/mol. The van der Waals surface area contributed by atoms with Gasteiger partial charge in [-0.25, -0.2) is 0 Å². The number of likely N-dealkylation sites (tertiary alicyclic amines) is 1. The highest BCUT2D eigenvalue weighted by molar-refractivity contribution is 9.10. The summed E-state index contributed by atoms with van der Waals surface area (Å²) >= 11 is 3.44. The number of ether oxygens (including phenoxy) is 2. The minimum absolute atomic E-state index is 0.0819. The van der Waals surface area contributed by atoms with Gasteiger partial charge in [-0.3, -0.25) is 4.79 Å². The summed E-state index contributed by atoms with van der Waals surface area (Å²) in [6.07, 6.45) is 0. The van der Waals surface area contributed by atoms with Crippen LogP contribution in [0.5, 0.6) is 11.5 Å². The van der Waals surface area contributed by atoms with Crippen molar-refractivity contribution in [3.8, 4) is 11.5 Å². The van der Waals surface area contributed by atoms with Gasteiger partial charge < -0.3 is 19.7 Å². The molecule has 0 radical (unpaired) electrons. The number of halogens is 1. The van der Waals surface area contributed by atoms with Gasteiger partial charge in [0.15, 0.2) is 11.5 Å². The minimum atomic E-state index is 0.0819. The SMILES string of the molecule is O=C(c1cc(Br)c2c(c1)OCO2)N1C[C@H]2CNC[C@H]2C1. The van der Waals surface area contributed by atoms with Crippen LogP contribution in [-0.2, 0) is 0 Å². The zero-order valence-corrected chi connectivity index (χ0v) is 12.5. The number of carbonyl (C=O) groups excluding carboxylic acids is 1. The molecule has 0 aromatic heterocycles. The highest BCUT2D eigenvalue weighted by Gasteiger charge is 2.38. The summed E-state index contributed by atoms with van der Waals surface area (Å²) in [5, 5.41) is 3.38. The Morgan fingerprint density at radius 3 is 2.75 bits per heavy atom. The number of nitrogens with zero attached hydrogens (tertiary/aromatic N) is 1. The molecule has 5 nitrogen and oxygen atoms in total. The third kappa shape index (κ3) is 1.90. The van der Waals surface area contributed by atoms with Gasteiger partial charge in [-0.1, -0.05) is 0 Å². The summed E-state index contributed by atoms with van der Waals surface area (Å²) in [7, 11) is 0. The summed E-state index contributed by atoms with van der Waals surface area (Å²) in [4.78, 5) is 14.6. The lowest BCUT2D eigenvalue weighted by atomic mass is 10.0. The fraction of sp³-hybridized carbons (Fsp3) is 0.500. The second-order valence-electron chi connectivity index (χ2n) is 5.58. The van der Waals surface area contributed by atoms with Gasteiger partial charge in [-0.15, -0.1) is 0 Å². The van der Waals surface area contributed by atoms with Crippen molar-refractivity contribution in [2.75, 3.05) is 33.0 Å². The van der Waals surface area contributed by atoms with E-state index in [1.165, 1.54) is 0 Å². The summed E-state index contributed by atoms with van der Waals surface area (Å²) in [6, 6.07) is 3.60. The zero-order valence-electron chi connectivity index (χ0n) is 10.9. The molecule has 4 rings (SSSR count). The quantitative estimate of drug-likeness (QED) is 0.842. The molecule has 106 valence electrons. The van der Waals surface area contributed by atoms with Gasteiger partial charge in [-0.2, -0.15) is 0 Å². The van der Waals surface area contributed by atoms with Crippen molar-refractivity contribution in [2.24, 2.45) is 11.8 Å². The van der Waals surface area contributed by atoms with E-state index in [4.69, 9.17) is 9.47 Å². The number of fused-ring (bicyclic) bond motifs is 2. The molecule has 0 spiro atoms. The van der Waals surface area contributed by atoms with Crippen LogP contribution in [0.15, 0.2) is 16.6 Å². The molecule has 1 amide bonds. The molecule has 3 aliphatic heterocycles. The van der Waals surface area contributed by atoms with Gasteiger partial charge in [0.1, 0.15) is 0 Å². The minimum Gasteiger partial charge on any atom is -0.454 e. The molecule has 20 heavy (non-hydrogen) atoms. The van der Waals surface area contributed by atoms with Gasteiger partial charge in [0.25, 0.3) is 5.91 Å². The molecule has 0 unspecified atom stereocenters. The second-order valence-corrected chi connectivity index (χ2v) is 6.43. The molecule has 0 saturated carbocycles. The van der Waals surface area contributed by atoms with Crippen molar-refractivity contribution in [2.45, 2.75) is 0 Å². The van der Waals surface area contributed by atoms with E-state index in [1.54, 1.807) is 6.07 Å². The molecule has 1 N–H and O–H groups in total. The Labute approximate surface area is 125 Å². The summed E-state index contributed by atoms with van der Waals surface area (Å²) in [5.41, 5.74) is 0.661. The predicted molar refractivity (Wildman–Crippen MR) is 76.0 cm³/mol. The van der Waals surface area contributed by atoms with Crippen molar-refractivity contribution in [1.82, 2.24) is 10.2 Å². The van der Waals surface area contributed by atoms with Crippen LogP contribution in [0.3, 0.4) is 0 Å². The van der Waals surface area contributed by atoms with Crippen LogP contribution < -0.4 is 14.8 Å². The molecular formula is C14H15BrN2O3. The van der Waals surface area contributed by atoms with Crippen molar-refractivity contribution in [3.63, 3.8) is 0 Å². The van der Waals surface area contributed by atoms with E-state index < -0.39 is 0 Å². The third-order valence-corrected chi connectivity index (χ3v) is 4.94. The molecule has 0 bridgehead atoms. The van der Waals surface area contributed by atoms with Crippen molar-refractivity contribution in [3.05, 3.63) is 22.2 Å². The van der Waals surface area contributed by atoms with Gasteiger partial charge in [0.2, 0.25) is 6.79 Å². The smallest absolute Gasteiger partial charge is 0.254 e. The van der Waals surface area contributed by atoms with Crippen LogP contribution in [0, 0.1) is 11.8 Å². The van der Waals surface area contributed by atoms with Gasteiger partial charge >= 0.3 is 0 Å². The number of rotatable bonds is 1. The summed E-state index contributed by atoms with van der Waals surface area (Å²) in [6.45, 7) is 3.97. The maximum Gasteiger partial charge on any atom is 0.254 e. The maximum atomic E-state index is 12.6. The van der Waals surface area contributed by atoms with Crippen LogP contribution in [0.2, 0.25) is 0 Å². The van der Waals surface area contributed by atoms with Crippen LogP contribution in [0.4, 0.5) is 0 Å². The fourth-order valence-corrected chi connectivity index (χ4v) is 3.85. The first-order valence-corrected chi connectivity index (χ1v) is 7.61. The van der Waals surface area contributed by atoms with E-state index in [2.05, 4.69) is 21.2 Å². The molecule has 6 heteroatoms. The number of nitrogens with one attached hydrogen (secondary N) is 1. The van der Waals surface area contributed by atoms with Crippen molar-refractivity contribution in [1.29, 1.82) is 0 Å². The molecule has 1 aromatic rings. The van der Waals surface area contributed by atoms with Crippen LogP contribution in [0.1, 0.15) is 10.4 Å². The van der Waals surface area contributed by atoms with Crippen LogP contribution in [-0.4, -0.2) is 43.8 Å². The molecule has 3 heterocycles. The Kier molecular flexibility index (Phi) is 2.89. The number of hydrogen-bond acceptors (Lipinski definition) is 4. The Hall–Kier alpha value is -1.27. The van der Waals surface area contributed by atoms with Crippen molar-refractivity contribution >= 4 is 21.8 Å². The second kappa shape index (κ2) is 4.63. The lowest BCUT2D eigenvalue weighted by Crippen LogP contribution is -2.31. The number of amides is 1. The van der Waals surface area contributed by atoms with Crippen LogP contribution in [0.25, 0.3) is 0 Å². The van der Waals surface area contributed by atoms with Gasteiger partial charge in [0.05, 0.1) is 4.47 Å². The normalized spacial score (nSPS) is 26.9. The number of benzene rings is 1. The summed E-state index contributed by atoms with van der Waals surface area (Å²) in [5.74, 6) is 2.62. The lowest BCUT2D eigenvalue weighted by molar-refractivity contribution is 0.0781. The van der Waals surface area contributed by atoms with E-state index in [0.717, 1.165) is 30.7 Å². The van der Waals surface area contributed by atoms with E-state index in [9.17, 15) is 4.79 Å². The van der Waals surface area contributed by atoms with Crippen LogP contribution >= 0.6 is 15.9 Å². The monoisotopic (exact) mass is 338 g/mol. The fourth-order valence-electron chi connectivity index (χ4n) is 3.29. The lowest BCUT2D eigenvalue weighted by Gasteiger charge is -2.18. The molecule has 0 aliphatic carbocycles. The van der Waals surface area contributed by atoms with Gasteiger partial charge in [0, 0.05) is 31.7 Å². The standard InChI is InChI=1S/C14H15BrN2O3/c15-11-1-8(2-12-13(11)20-7-19-12)14(18)17-5-9-3-16-4-10(9)6-17/h1-2,9-10,16H,3-7H2/t9-,10+. The Morgan fingerprint density at radius 2 is 2.00 bits per heavy atom. The Bertz CT molecular complexity index is 566. The molecule has 2 atom stereocenters. The maximum absolute atomic E-state index is 12.6. The van der Waals surface area contributed by atoms with E-state index in [1.807, 2.05) is 11.0 Å². The highest BCUT2D eigenvalue weighted by Crippen LogP contribution is 2.40. The number of carbonyl (C=O) groups is 1. The first-order chi connectivity index (χ1) is 9.72. The van der Waals surface area contributed by atoms with E-state index in [0.29, 0.717) is 28.9 Å². The average molecular weight is 339 g/mol. The molecule has 2 saturated heterocycles. The molecule has 2 fully saturated rings. The molecule has 3 aliphatic rings. The average Bonchev–Trinajstić information content (AvgIpc) is 3.12. The Morgan fingerprint density at radius 1 is 1.25 bits per heavy atom. The largest absolute Gasteiger partial charge is 0.454 e. The van der Waals surface area contributed by atoms with Gasteiger partial charge in [-0.05, 0) is 39.9 Å². The Balaban J connectivity index is 1.59. The van der Waals surface area contributed by atoms with E-state index in [-0.39, 0.29) is 12.7 Å². The molecule has 1 aromatic carbocycles. The highest BCUT2D eigenvalue weighted by atomic mass is 79.9. The number of hydrogen-bond donors (Lipinski definition) is 1. The first kappa shape index (κ1) is 12.5. The predicted octanol–water partition coefficient (Wildman–Crippen LogP) is 1.47. The topological polar surface area (TPSA) is 50.8 Å². The zero-order chi connectivity index (χ0) is 13.7. The first-order valence-electron chi connectivity index (χ1n) is 6.81. The third-order valence-electron chi connectivity index (χ3n) is 4.35. The van der Waals surface area contributed by atoms with E-state index >= 15 is 0 Å².